The van der Waals surface area contributed by atoms with Crippen molar-refractivity contribution in [3.63, 3.8) is 0 Å². The monoisotopic (exact) mass is 345 g/mol. The van der Waals surface area contributed by atoms with Gasteiger partial charge in [-0.15, -0.1) is 11.3 Å². The van der Waals surface area contributed by atoms with Gasteiger partial charge in [0.05, 0.1) is 5.39 Å². The van der Waals surface area contributed by atoms with E-state index in [2.05, 4.69) is 15.3 Å². The number of aromatic nitrogens is 2. The first-order chi connectivity index (χ1) is 11.5. The Kier molecular flexibility index (Phi) is 4.44. The number of thiophene rings is 1. The van der Waals surface area contributed by atoms with Crippen LogP contribution in [0.5, 0.6) is 0 Å². The lowest BCUT2D eigenvalue weighted by atomic mass is 10.1. The summed E-state index contributed by atoms with van der Waals surface area (Å²) in [7, 11) is 1.75. The number of rotatable bonds is 5. The summed E-state index contributed by atoms with van der Waals surface area (Å²) in [5, 5.41) is 13.0. The molecule has 0 aliphatic heterocycles. The molecule has 1 aromatic carbocycles. The van der Waals surface area contributed by atoms with E-state index in [4.69, 9.17) is 0 Å². The molecule has 0 saturated heterocycles. The topological polar surface area (TPSA) is 75.1 Å². The Morgan fingerprint density at radius 2 is 2.12 bits per heavy atom. The van der Waals surface area contributed by atoms with E-state index < -0.39 is 5.97 Å². The van der Waals surface area contributed by atoms with Gasteiger partial charge in [-0.1, -0.05) is 12.1 Å². The number of carbonyl (C=O) groups is 1. The fourth-order valence-electron chi connectivity index (χ4n) is 2.63. The summed E-state index contributed by atoms with van der Waals surface area (Å²) in [6, 6.07) is 6.44. The fourth-order valence-corrected chi connectivity index (χ4v) is 3.67. The molecule has 0 atom stereocenters. The lowest BCUT2D eigenvalue weighted by Gasteiger charge is -2.06. The first-order valence-corrected chi connectivity index (χ1v) is 8.26. The van der Waals surface area contributed by atoms with Crippen molar-refractivity contribution in [1.82, 2.24) is 9.97 Å². The molecule has 0 unspecified atom stereocenters. The normalized spacial score (nSPS) is 11.0. The molecule has 2 N–H and O–H groups in total. The standard InChI is InChI=1S/C17H16FN3O2S/c1-9-13-15(19-2)20-12(21-16(13)24-14(9)17(22)23)7-6-10-4-3-5-11(18)8-10/h3-5,8H,6-7H2,1-2H3,(H,22,23)(H,19,20,21). The van der Waals surface area contributed by atoms with Gasteiger partial charge in [-0.3, -0.25) is 0 Å². The molecule has 0 fully saturated rings. The van der Waals surface area contributed by atoms with Crippen LogP contribution in [0.2, 0.25) is 0 Å². The molecule has 3 rings (SSSR count). The molecule has 2 aromatic heterocycles. The minimum atomic E-state index is -0.959. The number of hydrogen-bond acceptors (Lipinski definition) is 5. The summed E-state index contributed by atoms with van der Waals surface area (Å²) in [5.74, 6) is 0.00317. The van der Waals surface area contributed by atoms with Crippen LogP contribution < -0.4 is 5.32 Å². The van der Waals surface area contributed by atoms with Crippen LogP contribution in [0, 0.1) is 12.7 Å². The van der Waals surface area contributed by atoms with E-state index in [-0.39, 0.29) is 10.7 Å². The fraction of sp³-hybridized carbons (Fsp3) is 0.235. The number of nitrogens with one attached hydrogen (secondary N) is 1. The van der Waals surface area contributed by atoms with Crippen LogP contribution in [0.4, 0.5) is 10.2 Å². The van der Waals surface area contributed by atoms with Crippen LogP contribution in [0.3, 0.4) is 0 Å². The number of nitrogens with zero attached hydrogens (tertiary/aromatic N) is 2. The number of carboxylic acids is 1. The van der Waals surface area contributed by atoms with Crippen molar-refractivity contribution in [3.05, 3.63) is 51.9 Å². The molecule has 3 aromatic rings. The van der Waals surface area contributed by atoms with Gasteiger partial charge in [-0.05, 0) is 36.6 Å². The van der Waals surface area contributed by atoms with Gasteiger partial charge in [0.25, 0.3) is 0 Å². The van der Waals surface area contributed by atoms with Gasteiger partial charge in [0, 0.05) is 13.5 Å². The molecule has 124 valence electrons. The number of carboxylic acid groups (broad SMARTS) is 1. The summed E-state index contributed by atoms with van der Waals surface area (Å²) in [6.45, 7) is 1.76. The van der Waals surface area contributed by atoms with Gasteiger partial charge in [-0.25, -0.2) is 19.2 Å². The predicted octanol–water partition coefficient (Wildman–Crippen LogP) is 3.66. The minimum absolute atomic E-state index is 0.264. The van der Waals surface area contributed by atoms with Crippen molar-refractivity contribution < 1.29 is 14.3 Å². The lowest BCUT2D eigenvalue weighted by molar-refractivity contribution is 0.0701. The highest BCUT2D eigenvalue weighted by Gasteiger charge is 2.19. The molecule has 0 aliphatic rings. The van der Waals surface area contributed by atoms with Gasteiger partial charge in [0.1, 0.15) is 27.2 Å². The molecule has 5 nitrogen and oxygen atoms in total. The van der Waals surface area contributed by atoms with Crippen molar-refractivity contribution in [1.29, 1.82) is 0 Å². The van der Waals surface area contributed by atoms with Crippen molar-refractivity contribution in [2.45, 2.75) is 19.8 Å². The molecular weight excluding hydrogens is 329 g/mol. The Balaban J connectivity index is 1.96. The number of aryl methyl sites for hydroxylation is 3. The molecule has 0 amide bonds. The van der Waals surface area contributed by atoms with Crippen LogP contribution in [-0.2, 0) is 12.8 Å². The Morgan fingerprint density at radius 3 is 2.79 bits per heavy atom. The molecule has 0 saturated carbocycles. The molecule has 0 aliphatic carbocycles. The number of aromatic carboxylic acids is 1. The maximum Gasteiger partial charge on any atom is 0.346 e. The third-order valence-corrected chi connectivity index (χ3v) is 4.97. The van der Waals surface area contributed by atoms with Gasteiger partial charge >= 0.3 is 5.97 Å². The quantitative estimate of drug-likeness (QED) is 0.738. The Labute approximate surface area is 142 Å². The highest BCUT2D eigenvalue weighted by atomic mass is 32.1. The van der Waals surface area contributed by atoms with Crippen LogP contribution in [0.25, 0.3) is 10.2 Å². The molecule has 7 heteroatoms. The molecular formula is C17H16FN3O2S. The predicted molar refractivity (Wildman–Crippen MR) is 92.5 cm³/mol. The van der Waals surface area contributed by atoms with E-state index in [1.165, 1.54) is 12.1 Å². The van der Waals surface area contributed by atoms with E-state index in [1.54, 1.807) is 20.0 Å². The molecule has 0 radical (unpaired) electrons. The van der Waals surface area contributed by atoms with E-state index >= 15 is 0 Å². The average Bonchev–Trinajstić information content (AvgIpc) is 2.89. The molecule has 0 spiro atoms. The first-order valence-electron chi connectivity index (χ1n) is 7.45. The maximum atomic E-state index is 13.2. The zero-order chi connectivity index (χ0) is 17.3. The van der Waals surface area contributed by atoms with Crippen LogP contribution in [0.15, 0.2) is 24.3 Å². The average molecular weight is 345 g/mol. The van der Waals surface area contributed by atoms with Gasteiger partial charge in [0.2, 0.25) is 0 Å². The van der Waals surface area contributed by atoms with Crippen LogP contribution >= 0.6 is 11.3 Å². The van der Waals surface area contributed by atoms with Gasteiger partial charge < -0.3 is 10.4 Å². The zero-order valence-electron chi connectivity index (χ0n) is 13.3. The van der Waals surface area contributed by atoms with Crippen molar-refractivity contribution in [2.75, 3.05) is 12.4 Å². The van der Waals surface area contributed by atoms with E-state index in [9.17, 15) is 14.3 Å². The second kappa shape index (κ2) is 6.52. The summed E-state index contributed by atoms with van der Waals surface area (Å²) in [4.78, 5) is 21.2. The zero-order valence-corrected chi connectivity index (χ0v) is 14.1. The SMILES string of the molecule is CNc1nc(CCc2cccc(F)c2)nc2sc(C(=O)O)c(C)c12. The summed E-state index contributed by atoms with van der Waals surface area (Å²) in [5.41, 5.74) is 1.54. The Hall–Kier alpha value is -2.54. The van der Waals surface area contributed by atoms with Gasteiger partial charge in [0.15, 0.2) is 0 Å². The first kappa shape index (κ1) is 16.3. The number of anilines is 1. The summed E-state index contributed by atoms with van der Waals surface area (Å²) >= 11 is 1.15. The highest BCUT2D eigenvalue weighted by Crippen LogP contribution is 2.33. The van der Waals surface area contributed by atoms with E-state index in [1.807, 2.05) is 6.07 Å². The van der Waals surface area contributed by atoms with Crippen LogP contribution in [0.1, 0.15) is 26.6 Å². The van der Waals surface area contributed by atoms with Crippen molar-refractivity contribution in [2.24, 2.45) is 0 Å². The maximum absolute atomic E-state index is 13.2. The van der Waals surface area contributed by atoms with Crippen molar-refractivity contribution >= 4 is 33.3 Å². The molecule has 24 heavy (non-hydrogen) atoms. The van der Waals surface area contributed by atoms with E-state index in [0.29, 0.717) is 34.9 Å². The summed E-state index contributed by atoms with van der Waals surface area (Å²) in [6.07, 6.45) is 1.16. The van der Waals surface area contributed by atoms with Crippen LogP contribution in [-0.4, -0.2) is 28.1 Å². The third-order valence-electron chi connectivity index (χ3n) is 3.79. The highest BCUT2D eigenvalue weighted by molar-refractivity contribution is 7.20. The van der Waals surface area contributed by atoms with E-state index in [0.717, 1.165) is 22.3 Å². The number of benzene rings is 1. The number of fused-ring (bicyclic) bond motifs is 1. The lowest BCUT2D eigenvalue weighted by Crippen LogP contribution is -2.03. The second-order valence-electron chi connectivity index (χ2n) is 5.41. The number of halogens is 1. The van der Waals surface area contributed by atoms with Crippen molar-refractivity contribution in [3.8, 4) is 0 Å². The minimum Gasteiger partial charge on any atom is -0.477 e. The summed E-state index contributed by atoms with van der Waals surface area (Å²) < 4.78 is 13.2. The molecule has 2 heterocycles. The van der Waals surface area contributed by atoms with Gasteiger partial charge in [-0.2, -0.15) is 0 Å². The Bertz CT molecular complexity index is 924. The molecule has 0 bridgehead atoms. The smallest absolute Gasteiger partial charge is 0.346 e. The Morgan fingerprint density at radius 1 is 1.33 bits per heavy atom. The third kappa shape index (κ3) is 3.07. The largest absolute Gasteiger partial charge is 0.477 e. The second-order valence-corrected chi connectivity index (χ2v) is 6.41. The number of hydrogen-bond donors (Lipinski definition) is 2.